The van der Waals surface area contributed by atoms with Crippen molar-refractivity contribution in [2.45, 2.75) is 82.3 Å². The van der Waals surface area contributed by atoms with E-state index in [1.165, 1.54) is 7.11 Å². The van der Waals surface area contributed by atoms with Crippen LogP contribution in [0.15, 0.2) is 66.5 Å². The van der Waals surface area contributed by atoms with Crippen molar-refractivity contribution in [2.75, 3.05) is 34.1 Å². The van der Waals surface area contributed by atoms with Crippen molar-refractivity contribution in [1.29, 1.82) is 0 Å². The molecule has 248 valence electrons. The minimum atomic E-state index is -2.19. The summed E-state index contributed by atoms with van der Waals surface area (Å²) >= 11 is 0. The molecule has 1 unspecified atom stereocenters. The monoisotopic (exact) mass is 635 g/mol. The van der Waals surface area contributed by atoms with Crippen molar-refractivity contribution in [3.8, 4) is 11.5 Å². The van der Waals surface area contributed by atoms with Crippen LogP contribution >= 0.6 is 0 Å². The number of benzene rings is 2. The van der Waals surface area contributed by atoms with Gasteiger partial charge in [-0.1, -0.05) is 49.4 Å². The van der Waals surface area contributed by atoms with Crippen molar-refractivity contribution in [1.82, 2.24) is 4.90 Å². The third-order valence-electron chi connectivity index (χ3n) is 8.85. The molecular formula is C36H45NO9. The molecule has 0 spiro atoms. The molecule has 5 rings (SSSR count). The van der Waals surface area contributed by atoms with Crippen LogP contribution in [-0.4, -0.2) is 79.4 Å². The number of aliphatic hydroxyl groups is 1. The Morgan fingerprint density at radius 3 is 2.54 bits per heavy atom. The summed E-state index contributed by atoms with van der Waals surface area (Å²) in [5.41, 5.74) is 0.169. The molecule has 0 amide bonds. The highest BCUT2D eigenvalue weighted by Gasteiger charge is 2.49. The SMILES string of the molecule is CCCN1CCc2cc3c(cc2C2[C@H](OC(=O)[C@@](O)(C/C=C/C(C)(C)OCc4ccccc4)CC(=O)OC)C(OC)=C[C@@H]21)OCO3. The van der Waals surface area contributed by atoms with Gasteiger partial charge in [0.05, 0.1) is 32.8 Å². The second-order valence-corrected chi connectivity index (χ2v) is 12.6. The maximum atomic E-state index is 14.0. The number of nitrogens with zero attached hydrogens (tertiary/aromatic N) is 1. The second kappa shape index (κ2) is 14.3. The number of esters is 2. The lowest BCUT2D eigenvalue weighted by atomic mass is 9.87. The lowest BCUT2D eigenvalue weighted by Gasteiger charge is -2.33. The maximum absolute atomic E-state index is 14.0. The predicted molar refractivity (Wildman–Crippen MR) is 170 cm³/mol. The van der Waals surface area contributed by atoms with Gasteiger partial charge >= 0.3 is 11.9 Å². The Bertz CT molecular complexity index is 1450. The van der Waals surface area contributed by atoms with Crippen LogP contribution in [0.2, 0.25) is 0 Å². The van der Waals surface area contributed by atoms with Gasteiger partial charge in [0.2, 0.25) is 6.79 Å². The molecule has 10 nitrogen and oxygen atoms in total. The fourth-order valence-electron chi connectivity index (χ4n) is 6.40. The fraction of sp³-hybridized carbons (Fsp3) is 0.500. The Morgan fingerprint density at radius 2 is 1.85 bits per heavy atom. The average Bonchev–Trinajstić information content (AvgIpc) is 3.62. The first kappa shape index (κ1) is 33.5. The zero-order valence-corrected chi connectivity index (χ0v) is 27.3. The van der Waals surface area contributed by atoms with E-state index in [0.717, 1.165) is 42.6 Å². The molecule has 0 saturated heterocycles. The summed E-state index contributed by atoms with van der Waals surface area (Å²) in [4.78, 5) is 28.8. The van der Waals surface area contributed by atoms with E-state index in [1.54, 1.807) is 19.3 Å². The number of carbonyl (C=O) groups is 2. The molecule has 0 radical (unpaired) electrons. The van der Waals surface area contributed by atoms with E-state index < -0.39 is 35.7 Å². The third kappa shape index (κ3) is 7.40. The first-order valence-electron chi connectivity index (χ1n) is 15.9. The van der Waals surface area contributed by atoms with Gasteiger partial charge in [0.25, 0.3) is 0 Å². The van der Waals surface area contributed by atoms with Crippen LogP contribution in [0, 0.1) is 0 Å². The summed E-state index contributed by atoms with van der Waals surface area (Å²) < 4.78 is 34.3. The molecule has 2 aliphatic heterocycles. The van der Waals surface area contributed by atoms with E-state index in [1.807, 2.05) is 62.4 Å². The molecule has 1 N–H and O–H groups in total. The molecule has 46 heavy (non-hydrogen) atoms. The van der Waals surface area contributed by atoms with Gasteiger partial charge in [0, 0.05) is 24.9 Å². The lowest BCUT2D eigenvalue weighted by molar-refractivity contribution is -0.176. The van der Waals surface area contributed by atoms with Crippen LogP contribution in [0.3, 0.4) is 0 Å². The zero-order chi connectivity index (χ0) is 32.9. The number of hydrogen-bond acceptors (Lipinski definition) is 10. The number of methoxy groups -OCH3 is 2. The van der Waals surface area contributed by atoms with E-state index >= 15 is 0 Å². The highest BCUT2D eigenvalue weighted by molar-refractivity contribution is 5.86. The first-order valence-corrected chi connectivity index (χ1v) is 15.9. The Hall–Kier alpha value is -3.86. The fourth-order valence-corrected chi connectivity index (χ4v) is 6.40. The number of ether oxygens (including phenoxy) is 6. The lowest BCUT2D eigenvalue weighted by Crippen LogP contribution is -2.46. The van der Waals surface area contributed by atoms with E-state index in [9.17, 15) is 14.7 Å². The van der Waals surface area contributed by atoms with Gasteiger partial charge in [-0.3, -0.25) is 9.69 Å². The maximum Gasteiger partial charge on any atom is 0.339 e. The Morgan fingerprint density at radius 1 is 1.11 bits per heavy atom. The zero-order valence-electron chi connectivity index (χ0n) is 27.3. The topological polar surface area (TPSA) is 113 Å². The van der Waals surface area contributed by atoms with Crippen molar-refractivity contribution in [3.63, 3.8) is 0 Å². The van der Waals surface area contributed by atoms with Crippen LogP contribution in [0.5, 0.6) is 11.5 Å². The summed E-state index contributed by atoms with van der Waals surface area (Å²) in [6.07, 6.45) is 5.52. The average molecular weight is 636 g/mol. The van der Waals surface area contributed by atoms with Crippen LogP contribution in [0.25, 0.3) is 0 Å². The Balaban J connectivity index is 1.40. The number of fused-ring (bicyclic) bond motifs is 4. The molecule has 2 aromatic carbocycles. The molecule has 4 atom stereocenters. The van der Waals surface area contributed by atoms with Gasteiger partial charge < -0.3 is 33.5 Å². The highest BCUT2D eigenvalue weighted by atomic mass is 16.7. The van der Waals surface area contributed by atoms with Gasteiger partial charge in [0.1, 0.15) is 5.76 Å². The van der Waals surface area contributed by atoms with Crippen molar-refractivity contribution in [2.24, 2.45) is 0 Å². The molecule has 10 heteroatoms. The Kier molecular flexibility index (Phi) is 10.4. The third-order valence-corrected chi connectivity index (χ3v) is 8.85. The van der Waals surface area contributed by atoms with Gasteiger partial charge in [-0.05, 0) is 68.1 Å². The van der Waals surface area contributed by atoms with E-state index in [-0.39, 0.29) is 25.2 Å². The highest BCUT2D eigenvalue weighted by Crippen LogP contribution is 2.47. The minimum Gasteiger partial charge on any atom is -0.497 e. The van der Waals surface area contributed by atoms with E-state index in [4.69, 9.17) is 28.4 Å². The first-order chi connectivity index (χ1) is 22.1. The molecule has 3 aliphatic rings. The summed E-state index contributed by atoms with van der Waals surface area (Å²) in [5.74, 6) is -0.182. The number of carbonyl (C=O) groups excluding carboxylic acids is 2. The molecule has 0 saturated carbocycles. The summed E-state index contributed by atoms with van der Waals surface area (Å²) in [7, 11) is 2.76. The quantitative estimate of drug-likeness (QED) is 0.243. The van der Waals surface area contributed by atoms with Crippen LogP contribution in [-0.2, 0) is 41.6 Å². The summed E-state index contributed by atoms with van der Waals surface area (Å²) in [6.45, 7) is 8.08. The minimum absolute atomic E-state index is 0.120. The van der Waals surface area contributed by atoms with Crippen LogP contribution in [0.4, 0.5) is 0 Å². The molecule has 2 aromatic rings. The molecule has 0 bridgehead atoms. The van der Waals surface area contributed by atoms with Crippen molar-refractivity contribution in [3.05, 3.63) is 83.1 Å². The van der Waals surface area contributed by atoms with Crippen molar-refractivity contribution >= 4 is 11.9 Å². The van der Waals surface area contributed by atoms with Crippen molar-refractivity contribution < 1.29 is 43.1 Å². The molecule has 1 aliphatic carbocycles. The normalized spacial score (nSPS) is 22.0. The predicted octanol–water partition coefficient (Wildman–Crippen LogP) is 4.83. The largest absolute Gasteiger partial charge is 0.497 e. The molecule has 0 fully saturated rings. The molecule has 0 aromatic heterocycles. The number of hydrogen-bond donors (Lipinski definition) is 1. The van der Waals surface area contributed by atoms with Gasteiger partial charge in [0.15, 0.2) is 23.2 Å². The van der Waals surface area contributed by atoms with E-state index in [0.29, 0.717) is 23.9 Å². The molecular weight excluding hydrogens is 590 g/mol. The number of rotatable bonds is 13. The van der Waals surface area contributed by atoms with Gasteiger partial charge in [-0.15, -0.1) is 0 Å². The van der Waals surface area contributed by atoms with Crippen LogP contribution < -0.4 is 9.47 Å². The van der Waals surface area contributed by atoms with Gasteiger partial charge in [-0.25, -0.2) is 4.79 Å². The summed E-state index contributed by atoms with van der Waals surface area (Å²) in [5, 5.41) is 11.7. The van der Waals surface area contributed by atoms with E-state index in [2.05, 4.69) is 11.8 Å². The standard InChI is InChI=1S/C36H45NO9/c1-6-16-37-17-13-25-18-28-29(44-23-43-28)19-26(25)32-27(37)20-30(41-4)33(32)46-34(39)36(40,21-31(38)42-5)15-10-14-35(2,3)45-22-24-11-8-7-9-12-24/h7-12,14,18-20,27,32-33,40H,6,13,15-17,21-23H2,1-5H3/b14-10+/t27-,32?,33+,36+/m0/s1. The summed E-state index contributed by atoms with van der Waals surface area (Å²) in [6, 6.07) is 13.6. The molecule has 2 heterocycles. The second-order valence-electron chi connectivity index (χ2n) is 12.6. The Labute approximate surface area is 270 Å². The van der Waals surface area contributed by atoms with Crippen LogP contribution in [0.1, 0.15) is 62.6 Å². The van der Waals surface area contributed by atoms with Gasteiger partial charge in [-0.2, -0.15) is 0 Å². The smallest absolute Gasteiger partial charge is 0.339 e.